The summed E-state index contributed by atoms with van der Waals surface area (Å²) in [6.07, 6.45) is 1.92. The fourth-order valence-corrected chi connectivity index (χ4v) is 2.34. The molecule has 1 aromatic carbocycles. The first kappa shape index (κ1) is 14.7. The first-order valence-electron chi connectivity index (χ1n) is 6.02. The van der Waals surface area contributed by atoms with Gasteiger partial charge < -0.3 is 5.32 Å². The third-order valence-electron chi connectivity index (χ3n) is 3.63. The van der Waals surface area contributed by atoms with Gasteiger partial charge in [0.25, 0.3) is 0 Å². The molecule has 0 radical (unpaired) electrons. The lowest BCUT2D eigenvalue weighted by molar-refractivity contribution is 0.240. The molecule has 0 heterocycles. The maximum Gasteiger partial charge on any atom is 0.123 e. The zero-order chi connectivity index (χ0) is 13.1. The Labute approximate surface area is 112 Å². The third-order valence-corrected chi connectivity index (χ3v) is 4.41. The Morgan fingerprint density at radius 1 is 1.41 bits per heavy atom. The average molecular weight is 302 g/mol. The summed E-state index contributed by atoms with van der Waals surface area (Å²) in [4.78, 5) is 0. The van der Waals surface area contributed by atoms with E-state index in [9.17, 15) is 4.39 Å². The van der Waals surface area contributed by atoms with Gasteiger partial charge in [-0.1, -0.05) is 36.7 Å². The van der Waals surface area contributed by atoms with Crippen LogP contribution in [0.3, 0.4) is 0 Å². The third kappa shape index (κ3) is 3.78. The van der Waals surface area contributed by atoms with E-state index < -0.39 is 0 Å². The van der Waals surface area contributed by atoms with Crippen molar-refractivity contribution in [3.8, 4) is 0 Å². The first-order chi connectivity index (χ1) is 7.90. The van der Waals surface area contributed by atoms with Crippen LogP contribution in [0.1, 0.15) is 32.8 Å². The lowest BCUT2D eigenvalue weighted by Gasteiger charge is -2.33. The number of hydrogen-bond acceptors (Lipinski definition) is 1. The summed E-state index contributed by atoms with van der Waals surface area (Å²) < 4.78 is 14.2. The van der Waals surface area contributed by atoms with Crippen molar-refractivity contribution < 1.29 is 4.39 Å². The molecule has 96 valence electrons. The van der Waals surface area contributed by atoms with E-state index in [1.54, 1.807) is 12.1 Å². The zero-order valence-corrected chi connectivity index (χ0v) is 12.6. The minimum Gasteiger partial charge on any atom is -0.316 e. The van der Waals surface area contributed by atoms with E-state index >= 15 is 0 Å². The van der Waals surface area contributed by atoms with Crippen LogP contribution in [0.5, 0.6) is 0 Å². The standard InChI is InChI=1S/C14H21BrFN/c1-5-14(2,3)13(17-4)9-10-8-11(16)6-7-12(10)15/h6-8,13,17H,5,9H2,1-4H3. The van der Waals surface area contributed by atoms with Crippen LogP contribution in [0.25, 0.3) is 0 Å². The molecule has 0 aliphatic rings. The molecule has 1 atom stereocenters. The second-order valence-corrected chi connectivity index (χ2v) is 5.98. The molecule has 1 unspecified atom stereocenters. The Hall–Kier alpha value is -0.410. The number of likely N-dealkylation sites (N-methyl/N-ethyl adjacent to an activating group) is 1. The van der Waals surface area contributed by atoms with Crippen molar-refractivity contribution in [2.45, 2.75) is 39.7 Å². The van der Waals surface area contributed by atoms with Gasteiger partial charge in [-0.2, -0.15) is 0 Å². The van der Waals surface area contributed by atoms with Crippen LogP contribution >= 0.6 is 15.9 Å². The molecule has 17 heavy (non-hydrogen) atoms. The molecule has 0 aromatic heterocycles. The van der Waals surface area contributed by atoms with Crippen molar-refractivity contribution in [2.75, 3.05) is 7.05 Å². The highest BCUT2D eigenvalue weighted by molar-refractivity contribution is 9.10. The van der Waals surface area contributed by atoms with E-state index in [0.717, 1.165) is 22.9 Å². The molecule has 1 aromatic rings. The maximum absolute atomic E-state index is 13.2. The average Bonchev–Trinajstić information content (AvgIpc) is 2.30. The predicted molar refractivity (Wildman–Crippen MR) is 74.7 cm³/mol. The van der Waals surface area contributed by atoms with E-state index in [4.69, 9.17) is 0 Å². The highest BCUT2D eigenvalue weighted by atomic mass is 79.9. The minimum absolute atomic E-state index is 0.174. The molecular weight excluding hydrogens is 281 g/mol. The lowest BCUT2D eigenvalue weighted by atomic mass is 9.79. The zero-order valence-electron chi connectivity index (χ0n) is 11.0. The van der Waals surface area contributed by atoms with E-state index in [1.165, 1.54) is 6.07 Å². The molecule has 0 amide bonds. The van der Waals surface area contributed by atoms with Crippen LogP contribution < -0.4 is 5.32 Å². The number of rotatable bonds is 5. The molecule has 0 saturated carbocycles. The van der Waals surface area contributed by atoms with Gasteiger partial charge in [0, 0.05) is 10.5 Å². The second kappa shape index (κ2) is 5.96. The van der Waals surface area contributed by atoms with Crippen molar-refractivity contribution in [1.82, 2.24) is 5.32 Å². The number of hydrogen-bond donors (Lipinski definition) is 1. The molecular formula is C14H21BrFN. The van der Waals surface area contributed by atoms with E-state index in [0.29, 0.717) is 6.04 Å². The fraction of sp³-hybridized carbons (Fsp3) is 0.571. The Balaban J connectivity index is 2.91. The van der Waals surface area contributed by atoms with Crippen molar-refractivity contribution in [2.24, 2.45) is 5.41 Å². The Morgan fingerprint density at radius 2 is 2.06 bits per heavy atom. The molecule has 1 N–H and O–H groups in total. The number of nitrogens with one attached hydrogen (secondary N) is 1. The summed E-state index contributed by atoms with van der Waals surface area (Å²) in [7, 11) is 1.97. The van der Waals surface area contributed by atoms with Gasteiger partial charge in [0.15, 0.2) is 0 Å². The smallest absolute Gasteiger partial charge is 0.123 e. The summed E-state index contributed by atoms with van der Waals surface area (Å²) in [5.41, 5.74) is 1.21. The second-order valence-electron chi connectivity index (χ2n) is 5.12. The van der Waals surface area contributed by atoms with Crippen molar-refractivity contribution in [3.63, 3.8) is 0 Å². The normalized spacial score (nSPS) is 13.8. The largest absolute Gasteiger partial charge is 0.316 e. The highest BCUT2D eigenvalue weighted by Crippen LogP contribution is 2.29. The van der Waals surface area contributed by atoms with Crippen molar-refractivity contribution >= 4 is 15.9 Å². The summed E-state index contributed by atoms with van der Waals surface area (Å²) >= 11 is 3.48. The SMILES string of the molecule is CCC(C)(C)C(Cc1cc(F)ccc1Br)NC. The minimum atomic E-state index is -0.174. The van der Waals surface area contributed by atoms with Gasteiger partial charge >= 0.3 is 0 Å². The summed E-state index contributed by atoms with van der Waals surface area (Å²) in [5.74, 6) is -0.174. The molecule has 1 rings (SSSR count). The van der Waals surface area contributed by atoms with E-state index in [2.05, 4.69) is 42.0 Å². The summed E-state index contributed by atoms with van der Waals surface area (Å²) in [5, 5.41) is 3.35. The van der Waals surface area contributed by atoms with Gasteiger partial charge in [0.1, 0.15) is 5.82 Å². The Kier molecular flexibility index (Phi) is 5.14. The summed E-state index contributed by atoms with van der Waals surface area (Å²) in [6, 6.07) is 5.20. The Bertz CT molecular complexity index is 376. The van der Waals surface area contributed by atoms with Crippen molar-refractivity contribution in [1.29, 1.82) is 0 Å². The molecule has 0 saturated heterocycles. The van der Waals surface area contributed by atoms with Crippen molar-refractivity contribution in [3.05, 3.63) is 34.1 Å². The molecule has 0 bridgehead atoms. The van der Waals surface area contributed by atoms with Gasteiger partial charge in [-0.05, 0) is 49.1 Å². The maximum atomic E-state index is 13.2. The van der Waals surface area contributed by atoms with E-state index in [-0.39, 0.29) is 11.2 Å². The topological polar surface area (TPSA) is 12.0 Å². The highest BCUT2D eigenvalue weighted by Gasteiger charge is 2.27. The van der Waals surface area contributed by atoms with Crippen LogP contribution in [0.2, 0.25) is 0 Å². The molecule has 0 fully saturated rings. The lowest BCUT2D eigenvalue weighted by Crippen LogP contribution is -2.41. The molecule has 3 heteroatoms. The van der Waals surface area contributed by atoms with Gasteiger partial charge in [0.2, 0.25) is 0 Å². The number of halogens is 2. The Morgan fingerprint density at radius 3 is 2.59 bits per heavy atom. The molecule has 0 aliphatic carbocycles. The van der Waals surface area contributed by atoms with Crippen LogP contribution in [-0.2, 0) is 6.42 Å². The van der Waals surface area contributed by atoms with Gasteiger partial charge in [0.05, 0.1) is 0 Å². The fourth-order valence-electron chi connectivity index (χ4n) is 1.94. The monoisotopic (exact) mass is 301 g/mol. The van der Waals surface area contributed by atoms with Gasteiger partial charge in [-0.25, -0.2) is 4.39 Å². The van der Waals surface area contributed by atoms with Gasteiger partial charge in [-0.15, -0.1) is 0 Å². The molecule has 1 nitrogen and oxygen atoms in total. The van der Waals surface area contributed by atoms with Crippen LogP contribution in [0.4, 0.5) is 4.39 Å². The van der Waals surface area contributed by atoms with Crippen LogP contribution in [0, 0.1) is 11.2 Å². The first-order valence-corrected chi connectivity index (χ1v) is 6.81. The van der Waals surface area contributed by atoms with Crippen LogP contribution in [-0.4, -0.2) is 13.1 Å². The van der Waals surface area contributed by atoms with Gasteiger partial charge in [-0.3, -0.25) is 0 Å². The molecule has 0 aliphatic heterocycles. The molecule has 0 spiro atoms. The van der Waals surface area contributed by atoms with Crippen LogP contribution in [0.15, 0.2) is 22.7 Å². The quantitative estimate of drug-likeness (QED) is 0.861. The predicted octanol–water partition coefficient (Wildman–Crippen LogP) is 4.15. The summed E-state index contributed by atoms with van der Waals surface area (Å²) in [6.45, 7) is 6.66. The van der Waals surface area contributed by atoms with E-state index in [1.807, 2.05) is 7.05 Å². The number of benzene rings is 1.